The van der Waals surface area contributed by atoms with Crippen LogP contribution in [0, 0.1) is 6.92 Å². The number of piperazine rings is 1. The van der Waals surface area contributed by atoms with Crippen molar-refractivity contribution in [3.05, 3.63) is 53.3 Å². The van der Waals surface area contributed by atoms with Gasteiger partial charge in [-0.2, -0.15) is 0 Å². The maximum absolute atomic E-state index is 5.56. The molecule has 0 radical (unpaired) electrons. The smallest absolute Gasteiger partial charge is 0.231 e. The Bertz CT molecular complexity index is 681. The van der Waals surface area contributed by atoms with Crippen LogP contribution >= 0.6 is 0 Å². The quantitative estimate of drug-likeness (QED) is 0.941. The Morgan fingerprint density at radius 3 is 2.70 bits per heavy atom. The Kier molecular flexibility index (Phi) is 3.89. The van der Waals surface area contributed by atoms with E-state index in [1.807, 2.05) is 12.3 Å². The normalized spacial score (nSPS) is 18.8. The first-order valence-electron chi connectivity index (χ1n) is 8.08. The zero-order chi connectivity index (χ0) is 15.6. The van der Waals surface area contributed by atoms with Crippen LogP contribution in [0.4, 0.5) is 0 Å². The molecular formula is C18H21N3O2. The van der Waals surface area contributed by atoms with Gasteiger partial charge in [0.15, 0.2) is 11.5 Å². The van der Waals surface area contributed by atoms with Gasteiger partial charge in [0.25, 0.3) is 0 Å². The van der Waals surface area contributed by atoms with Gasteiger partial charge in [0.05, 0.1) is 11.7 Å². The van der Waals surface area contributed by atoms with Crippen LogP contribution in [-0.4, -0.2) is 42.9 Å². The van der Waals surface area contributed by atoms with Crippen molar-refractivity contribution < 1.29 is 9.47 Å². The van der Waals surface area contributed by atoms with Crippen LogP contribution in [0.2, 0.25) is 0 Å². The van der Waals surface area contributed by atoms with Gasteiger partial charge in [0, 0.05) is 32.4 Å². The summed E-state index contributed by atoms with van der Waals surface area (Å²) in [6.07, 6.45) is 1.94. The second kappa shape index (κ2) is 6.18. The molecule has 1 atom stereocenters. The summed E-state index contributed by atoms with van der Waals surface area (Å²) in [6, 6.07) is 10.6. The van der Waals surface area contributed by atoms with Gasteiger partial charge in [-0.15, -0.1) is 0 Å². The van der Waals surface area contributed by atoms with E-state index < -0.39 is 0 Å². The average Bonchev–Trinajstić information content (AvgIpc) is 3.06. The van der Waals surface area contributed by atoms with Crippen molar-refractivity contribution in [2.45, 2.75) is 13.0 Å². The molecule has 23 heavy (non-hydrogen) atoms. The van der Waals surface area contributed by atoms with Crippen LogP contribution in [0.15, 0.2) is 36.5 Å². The largest absolute Gasteiger partial charge is 0.454 e. The van der Waals surface area contributed by atoms with E-state index in [1.54, 1.807) is 0 Å². The molecule has 2 aliphatic rings. The number of hydrogen-bond acceptors (Lipinski definition) is 5. The second-order valence-electron chi connectivity index (χ2n) is 6.06. The van der Waals surface area contributed by atoms with E-state index in [0.717, 1.165) is 43.4 Å². The molecule has 2 aromatic rings. The molecule has 1 N–H and O–H groups in total. The van der Waals surface area contributed by atoms with Crippen molar-refractivity contribution in [3.8, 4) is 11.5 Å². The highest BCUT2D eigenvalue weighted by Crippen LogP contribution is 2.37. The number of pyridine rings is 1. The number of hydrogen-bond donors (Lipinski definition) is 1. The first-order chi connectivity index (χ1) is 11.3. The van der Waals surface area contributed by atoms with Crippen LogP contribution < -0.4 is 14.8 Å². The van der Waals surface area contributed by atoms with Gasteiger partial charge in [0.1, 0.15) is 0 Å². The minimum Gasteiger partial charge on any atom is -0.454 e. The van der Waals surface area contributed by atoms with E-state index in [-0.39, 0.29) is 6.04 Å². The highest BCUT2D eigenvalue weighted by molar-refractivity contribution is 5.46. The minimum atomic E-state index is 0.146. The van der Waals surface area contributed by atoms with Gasteiger partial charge in [-0.1, -0.05) is 12.1 Å². The molecule has 1 fully saturated rings. The fourth-order valence-electron chi connectivity index (χ4n) is 3.23. The van der Waals surface area contributed by atoms with E-state index in [2.05, 4.69) is 46.4 Å². The van der Waals surface area contributed by atoms with Crippen LogP contribution in [0.5, 0.6) is 11.5 Å². The Morgan fingerprint density at radius 2 is 1.91 bits per heavy atom. The van der Waals surface area contributed by atoms with Gasteiger partial charge >= 0.3 is 0 Å². The topological polar surface area (TPSA) is 46.6 Å². The molecule has 1 saturated heterocycles. The molecule has 0 amide bonds. The zero-order valence-electron chi connectivity index (χ0n) is 13.3. The van der Waals surface area contributed by atoms with Crippen molar-refractivity contribution in [1.82, 2.24) is 15.2 Å². The fraction of sp³-hybridized carbons (Fsp3) is 0.389. The number of fused-ring (bicyclic) bond motifs is 1. The van der Waals surface area contributed by atoms with E-state index in [0.29, 0.717) is 6.79 Å². The molecule has 0 bridgehead atoms. The molecule has 3 heterocycles. The third-order valence-electron chi connectivity index (χ3n) is 4.44. The lowest BCUT2D eigenvalue weighted by Crippen LogP contribution is -2.45. The predicted molar refractivity (Wildman–Crippen MR) is 87.8 cm³/mol. The summed E-state index contributed by atoms with van der Waals surface area (Å²) >= 11 is 0. The van der Waals surface area contributed by atoms with Crippen molar-refractivity contribution in [1.29, 1.82) is 0 Å². The van der Waals surface area contributed by atoms with E-state index in [1.165, 1.54) is 11.1 Å². The van der Waals surface area contributed by atoms with Gasteiger partial charge in [0.2, 0.25) is 6.79 Å². The first-order valence-corrected chi connectivity index (χ1v) is 8.08. The van der Waals surface area contributed by atoms with E-state index >= 15 is 0 Å². The number of nitrogens with one attached hydrogen (secondary N) is 1. The van der Waals surface area contributed by atoms with Gasteiger partial charge in [-0.05, 0) is 36.2 Å². The van der Waals surface area contributed by atoms with Crippen molar-refractivity contribution in [3.63, 3.8) is 0 Å². The Labute approximate surface area is 136 Å². The Hall–Kier alpha value is -2.11. The molecule has 1 aromatic heterocycles. The van der Waals surface area contributed by atoms with Gasteiger partial charge in [-0.25, -0.2) is 0 Å². The SMILES string of the molecule is Cc1ccc(C(c2ccc3c(c2)OCO3)N2CCNCC2)nc1. The molecule has 0 saturated carbocycles. The second-order valence-corrected chi connectivity index (χ2v) is 6.06. The van der Waals surface area contributed by atoms with Crippen LogP contribution in [0.25, 0.3) is 0 Å². The fourth-order valence-corrected chi connectivity index (χ4v) is 3.23. The molecule has 5 heteroatoms. The Morgan fingerprint density at radius 1 is 1.09 bits per heavy atom. The monoisotopic (exact) mass is 311 g/mol. The molecule has 1 unspecified atom stereocenters. The number of benzene rings is 1. The molecule has 4 rings (SSSR count). The maximum Gasteiger partial charge on any atom is 0.231 e. The number of aromatic nitrogens is 1. The third-order valence-corrected chi connectivity index (χ3v) is 4.44. The molecule has 120 valence electrons. The summed E-state index contributed by atoms with van der Waals surface area (Å²) < 4.78 is 11.0. The standard InChI is InChI=1S/C18H21N3O2/c1-13-2-4-15(20-11-13)18(21-8-6-19-7-9-21)14-3-5-16-17(10-14)23-12-22-16/h2-5,10-11,18-19H,6-9,12H2,1H3. The molecule has 2 aliphatic heterocycles. The third kappa shape index (κ3) is 2.90. The summed E-state index contributed by atoms with van der Waals surface area (Å²) in [5.41, 5.74) is 3.46. The number of nitrogens with zero attached hydrogens (tertiary/aromatic N) is 2. The van der Waals surface area contributed by atoms with Crippen molar-refractivity contribution in [2.24, 2.45) is 0 Å². The average molecular weight is 311 g/mol. The Balaban J connectivity index is 1.73. The number of aryl methyl sites for hydroxylation is 1. The summed E-state index contributed by atoms with van der Waals surface area (Å²) in [5, 5.41) is 3.42. The minimum absolute atomic E-state index is 0.146. The van der Waals surface area contributed by atoms with Crippen LogP contribution in [-0.2, 0) is 0 Å². The maximum atomic E-state index is 5.56. The molecule has 5 nitrogen and oxygen atoms in total. The van der Waals surface area contributed by atoms with Gasteiger partial charge < -0.3 is 14.8 Å². The summed E-state index contributed by atoms with van der Waals surface area (Å²) in [7, 11) is 0. The van der Waals surface area contributed by atoms with E-state index in [4.69, 9.17) is 9.47 Å². The molecular weight excluding hydrogens is 290 g/mol. The summed E-state index contributed by atoms with van der Waals surface area (Å²) in [6.45, 7) is 6.40. The highest BCUT2D eigenvalue weighted by atomic mass is 16.7. The molecule has 1 aromatic carbocycles. The number of rotatable bonds is 3. The lowest BCUT2D eigenvalue weighted by Gasteiger charge is -2.35. The van der Waals surface area contributed by atoms with Crippen molar-refractivity contribution >= 4 is 0 Å². The highest BCUT2D eigenvalue weighted by Gasteiger charge is 2.26. The zero-order valence-corrected chi connectivity index (χ0v) is 13.3. The van der Waals surface area contributed by atoms with E-state index in [9.17, 15) is 0 Å². The lowest BCUT2D eigenvalue weighted by molar-refractivity contribution is 0.173. The van der Waals surface area contributed by atoms with Gasteiger partial charge in [-0.3, -0.25) is 9.88 Å². The molecule has 0 aliphatic carbocycles. The van der Waals surface area contributed by atoms with Crippen molar-refractivity contribution in [2.75, 3.05) is 33.0 Å². The number of ether oxygens (including phenoxy) is 2. The summed E-state index contributed by atoms with van der Waals surface area (Å²) in [4.78, 5) is 7.17. The van der Waals surface area contributed by atoms with Crippen LogP contribution in [0.1, 0.15) is 22.9 Å². The lowest BCUT2D eigenvalue weighted by atomic mass is 9.99. The predicted octanol–water partition coefficient (Wildman–Crippen LogP) is 2.11. The molecule has 0 spiro atoms. The first kappa shape index (κ1) is 14.5. The van der Waals surface area contributed by atoms with Crippen LogP contribution in [0.3, 0.4) is 0 Å². The summed E-state index contributed by atoms with van der Waals surface area (Å²) in [5.74, 6) is 1.65.